The fraction of sp³-hybridized carbons (Fsp3) is 0.367. The van der Waals surface area contributed by atoms with E-state index < -0.39 is 17.5 Å². The van der Waals surface area contributed by atoms with Gasteiger partial charge < -0.3 is 9.64 Å². The van der Waals surface area contributed by atoms with Gasteiger partial charge in [0.1, 0.15) is 12.0 Å². The monoisotopic (exact) mass is 508 g/mol. The molecule has 2 aliphatic heterocycles. The number of likely N-dealkylation sites (tertiary alicyclic amines) is 1. The number of aryl methyl sites for hydroxylation is 1. The van der Waals surface area contributed by atoms with Crippen LogP contribution in [0, 0.1) is 29.8 Å². The van der Waals surface area contributed by atoms with Crippen LogP contribution in [0.15, 0.2) is 48.5 Å². The van der Waals surface area contributed by atoms with E-state index in [2.05, 4.69) is 9.80 Å². The minimum Gasteiger partial charge on any atom is -0.494 e. The molecular weight excluding hydrogens is 477 g/mol. The quantitative estimate of drug-likeness (QED) is 0.273. The van der Waals surface area contributed by atoms with Crippen LogP contribution in [0.3, 0.4) is 0 Å². The Balaban J connectivity index is 1.31. The molecule has 2 aliphatic rings. The maximum atomic E-state index is 14.8. The van der Waals surface area contributed by atoms with Gasteiger partial charge in [0, 0.05) is 41.9 Å². The van der Waals surface area contributed by atoms with Crippen LogP contribution in [-0.4, -0.2) is 44.0 Å². The first-order valence-electron chi connectivity index (χ1n) is 12.8. The van der Waals surface area contributed by atoms with Crippen LogP contribution >= 0.6 is 0 Å². The predicted octanol–water partition coefficient (Wildman–Crippen LogP) is 6.39. The number of anilines is 1. The zero-order valence-corrected chi connectivity index (χ0v) is 21.2. The van der Waals surface area contributed by atoms with Crippen LogP contribution in [0.4, 0.5) is 18.9 Å². The molecule has 2 fully saturated rings. The summed E-state index contributed by atoms with van der Waals surface area (Å²) >= 11 is 0. The lowest BCUT2D eigenvalue weighted by Crippen LogP contribution is -2.60. The van der Waals surface area contributed by atoms with Gasteiger partial charge in [0.05, 0.1) is 6.61 Å². The fourth-order valence-corrected chi connectivity index (χ4v) is 5.61. The molecule has 0 unspecified atom stereocenters. The Labute approximate surface area is 215 Å². The lowest BCUT2D eigenvalue weighted by molar-refractivity contribution is 0.0724. The van der Waals surface area contributed by atoms with Crippen LogP contribution in [0.2, 0.25) is 0 Å². The van der Waals surface area contributed by atoms with E-state index in [0.29, 0.717) is 30.0 Å². The smallest absolute Gasteiger partial charge is 0.195 e. The van der Waals surface area contributed by atoms with Crippen LogP contribution in [-0.2, 0) is 6.54 Å². The number of ether oxygens (including phenoxy) is 1. The molecule has 3 aromatic rings. The summed E-state index contributed by atoms with van der Waals surface area (Å²) in [5.74, 6) is -3.10. The zero-order chi connectivity index (χ0) is 26.2. The molecule has 0 bridgehead atoms. The standard InChI is InChI=1S/C30H31F3N2O2/c1-3-37-27-15-22(25(14-20(27)2)24-8-9-26(31)29(33)28(24)32)16-34-12-10-30(11-13-34)18-35(19-30)23-6-4-21(17-36)5-7-23/h4-9,14-15,17H,3,10-13,16,18-19H2,1-2H3. The number of hydrogen-bond donors (Lipinski definition) is 0. The first-order valence-corrected chi connectivity index (χ1v) is 12.8. The van der Waals surface area contributed by atoms with Crippen LogP contribution in [0.25, 0.3) is 11.1 Å². The third-order valence-electron chi connectivity index (χ3n) is 7.78. The molecule has 0 N–H and O–H groups in total. The summed E-state index contributed by atoms with van der Waals surface area (Å²) in [6.45, 7) is 8.63. The first kappa shape index (κ1) is 25.3. The predicted molar refractivity (Wildman–Crippen MR) is 139 cm³/mol. The van der Waals surface area contributed by atoms with E-state index in [1.54, 1.807) is 6.07 Å². The summed E-state index contributed by atoms with van der Waals surface area (Å²) in [6, 6.07) is 13.7. The Morgan fingerprint density at radius 1 is 0.946 bits per heavy atom. The molecule has 4 nitrogen and oxygen atoms in total. The highest BCUT2D eigenvalue weighted by Crippen LogP contribution is 2.43. The maximum absolute atomic E-state index is 14.8. The second-order valence-corrected chi connectivity index (χ2v) is 10.3. The number of carbonyl (C=O) groups excluding carboxylic acids is 1. The van der Waals surface area contributed by atoms with Crippen molar-refractivity contribution >= 4 is 12.0 Å². The molecule has 7 heteroatoms. The molecule has 2 saturated heterocycles. The summed E-state index contributed by atoms with van der Waals surface area (Å²) in [4.78, 5) is 15.6. The highest BCUT2D eigenvalue weighted by Gasteiger charge is 2.44. The number of nitrogens with zero attached hydrogens (tertiary/aromatic N) is 2. The third-order valence-corrected chi connectivity index (χ3v) is 7.78. The molecule has 0 saturated carbocycles. The SMILES string of the molecule is CCOc1cc(CN2CCC3(CC2)CN(c2ccc(C=O)cc2)C3)c(-c2ccc(F)c(F)c2F)cc1C. The Morgan fingerprint density at radius 2 is 1.65 bits per heavy atom. The van der Waals surface area contributed by atoms with Gasteiger partial charge in [-0.2, -0.15) is 0 Å². The van der Waals surface area contributed by atoms with Gasteiger partial charge in [0.25, 0.3) is 0 Å². The molecule has 3 aromatic carbocycles. The van der Waals surface area contributed by atoms with Crippen molar-refractivity contribution in [3.8, 4) is 16.9 Å². The minimum atomic E-state index is -1.45. The molecule has 5 rings (SSSR count). The van der Waals surface area contributed by atoms with Gasteiger partial charge >= 0.3 is 0 Å². The molecule has 0 radical (unpaired) electrons. The van der Waals surface area contributed by atoms with E-state index in [0.717, 1.165) is 68.2 Å². The van der Waals surface area contributed by atoms with Gasteiger partial charge in [-0.1, -0.05) is 0 Å². The van der Waals surface area contributed by atoms with Crippen molar-refractivity contribution in [2.75, 3.05) is 37.7 Å². The molecule has 1 spiro atoms. The van der Waals surface area contributed by atoms with Crippen molar-refractivity contribution in [3.05, 3.63) is 82.7 Å². The summed E-state index contributed by atoms with van der Waals surface area (Å²) in [6.07, 6.45) is 2.96. The van der Waals surface area contributed by atoms with Crippen molar-refractivity contribution in [2.45, 2.75) is 33.2 Å². The van der Waals surface area contributed by atoms with E-state index in [9.17, 15) is 18.0 Å². The summed E-state index contributed by atoms with van der Waals surface area (Å²) in [5, 5.41) is 0. The summed E-state index contributed by atoms with van der Waals surface area (Å²) in [7, 11) is 0. The third kappa shape index (κ3) is 4.97. The largest absolute Gasteiger partial charge is 0.494 e. The lowest BCUT2D eigenvalue weighted by atomic mass is 9.71. The molecule has 0 aromatic heterocycles. The van der Waals surface area contributed by atoms with Gasteiger partial charge in [-0.15, -0.1) is 0 Å². The van der Waals surface area contributed by atoms with Crippen molar-refractivity contribution in [1.82, 2.24) is 4.90 Å². The number of hydrogen-bond acceptors (Lipinski definition) is 4. The van der Waals surface area contributed by atoms with E-state index in [1.165, 1.54) is 6.07 Å². The Bertz CT molecular complexity index is 1290. The molecule has 2 heterocycles. The number of benzene rings is 3. The van der Waals surface area contributed by atoms with E-state index >= 15 is 0 Å². The van der Waals surface area contributed by atoms with Crippen molar-refractivity contribution in [3.63, 3.8) is 0 Å². The molecular formula is C30H31F3N2O2. The minimum absolute atomic E-state index is 0.0590. The molecule has 194 valence electrons. The maximum Gasteiger partial charge on any atom is 0.195 e. The van der Waals surface area contributed by atoms with Crippen molar-refractivity contribution in [1.29, 1.82) is 0 Å². The van der Waals surface area contributed by atoms with Crippen molar-refractivity contribution < 1.29 is 22.7 Å². The highest BCUT2D eigenvalue weighted by atomic mass is 19.2. The van der Waals surface area contributed by atoms with Gasteiger partial charge in [0.2, 0.25) is 0 Å². The normalized spacial score (nSPS) is 17.1. The van der Waals surface area contributed by atoms with Crippen molar-refractivity contribution in [2.24, 2.45) is 5.41 Å². The van der Waals surface area contributed by atoms with Gasteiger partial charge in [0.15, 0.2) is 17.5 Å². The zero-order valence-electron chi connectivity index (χ0n) is 21.2. The molecule has 0 amide bonds. The second kappa shape index (κ2) is 10.2. The first-order chi connectivity index (χ1) is 17.8. The number of piperidine rings is 1. The average molecular weight is 509 g/mol. The number of rotatable bonds is 7. The summed E-state index contributed by atoms with van der Waals surface area (Å²) in [5.41, 5.74) is 4.37. The lowest BCUT2D eigenvalue weighted by Gasteiger charge is -2.55. The number of carbonyl (C=O) groups is 1. The van der Waals surface area contributed by atoms with Gasteiger partial charge in [-0.05, 0) is 105 Å². The fourth-order valence-electron chi connectivity index (χ4n) is 5.61. The average Bonchev–Trinajstić information content (AvgIpc) is 2.89. The number of halogens is 3. The van der Waals surface area contributed by atoms with Crippen LogP contribution in [0.1, 0.15) is 41.3 Å². The Hall–Kier alpha value is -3.32. The van der Waals surface area contributed by atoms with Gasteiger partial charge in [-0.3, -0.25) is 9.69 Å². The number of aldehydes is 1. The van der Waals surface area contributed by atoms with Gasteiger partial charge in [-0.25, -0.2) is 13.2 Å². The van der Waals surface area contributed by atoms with Crippen LogP contribution in [0.5, 0.6) is 5.75 Å². The second-order valence-electron chi connectivity index (χ2n) is 10.3. The summed E-state index contributed by atoms with van der Waals surface area (Å²) < 4.78 is 48.3. The topological polar surface area (TPSA) is 32.8 Å². The Morgan fingerprint density at radius 3 is 2.30 bits per heavy atom. The van der Waals surface area contributed by atoms with E-state index in [-0.39, 0.29) is 11.0 Å². The molecule has 0 aliphatic carbocycles. The van der Waals surface area contributed by atoms with E-state index in [4.69, 9.17) is 4.74 Å². The van der Waals surface area contributed by atoms with E-state index in [1.807, 2.05) is 44.2 Å². The highest BCUT2D eigenvalue weighted by molar-refractivity contribution is 5.76. The Kier molecular flexibility index (Phi) is 6.99. The molecule has 37 heavy (non-hydrogen) atoms. The molecule has 0 atom stereocenters. The van der Waals surface area contributed by atoms with Crippen LogP contribution < -0.4 is 9.64 Å².